The van der Waals surface area contributed by atoms with E-state index in [9.17, 15) is 31.4 Å². The highest BCUT2D eigenvalue weighted by atomic mass is 35.5. The predicted octanol–water partition coefficient (Wildman–Crippen LogP) is 3.60. The van der Waals surface area contributed by atoms with Crippen molar-refractivity contribution in [2.75, 3.05) is 19.0 Å². The molecule has 0 fully saturated rings. The van der Waals surface area contributed by atoms with Crippen molar-refractivity contribution >= 4 is 17.5 Å². The van der Waals surface area contributed by atoms with E-state index in [4.69, 9.17) is 11.6 Å². The standard InChI is InChI=1S/C18H16ClF6N7O/c1-31(2)16-29-13(32(30-16)15-27-6-12(19)7-28-15)8-26-14(33)9-3-10(17(20,21)22)5-11(4-9)18(23,24)25/h3-7,14,26,33H,8H2,1-2H3. The Hall–Kier alpha value is -2.97. The van der Waals surface area contributed by atoms with Crippen LogP contribution in [0.15, 0.2) is 30.6 Å². The molecule has 2 heterocycles. The van der Waals surface area contributed by atoms with E-state index in [2.05, 4.69) is 25.4 Å². The van der Waals surface area contributed by atoms with Gasteiger partial charge in [0.2, 0.25) is 5.95 Å². The van der Waals surface area contributed by atoms with Gasteiger partial charge in [-0.15, -0.1) is 5.10 Å². The number of aliphatic hydroxyl groups is 1. The fourth-order valence-electron chi connectivity index (χ4n) is 2.65. The Labute approximate surface area is 187 Å². The first-order valence-corrected chi connectivity index (χ1v) is 9.45. The lowest BCUT2D eigenvalue weighted by Crippen LogP contribution is -2.24. The van der Waals surface area contributed by atoms with Gasteiger partial charge >= 0.3 is 12.4 Å². The first-order chi connectivity index (χ1) is 15.3. The fraction of sp³-hybridized carbons (Fsp3) is 0.333. The quantitative estimate of drug-likeness (QED) is 0.399. The molecule has 2 N–H and O–H groups in total. The molecule has 0 aliphatic rings. The van der Waals surface area contributed by atoms with Gasteiger partial charge < -0.3 is 10.0 Å². The molecule has 0 aliphatic carbocycles. The Morgan fingerprint density at radius 3 is 2.06 bits per heavy atom. The number of alkyl halides is 6. The summed E-state index contributed by atoms with van der Waals surface area (Å²) in [5, 5.41) is 17.2. The Morgan fingerprint density at radius 1 is 1.03 bits per heavy atom. The van der Waals surface area contributed by atoms with E-state index in [0.717, 1.165) is 0 Å². The molecule has 0 bridgehead atoms. The minimum absolute atomic E-state index is 0.0198. The topological polar surface area (TPSA) is 92.0 Å². The lowest BCUT2D eigenvalue weighted by Gasteiger charge is -2.18. The third kappa shape index (κ3) is 5.89. The van der Waals surface area contributed by atoms with Gasteiger partial charge in [-0.2, -0.15) is 36.0 Å². The van der Waals surface area contributed by atoms with E-state index in [1.807, 2.05) is 0 Å². The van der Waals surface area contributed by atoms with Gasteiger partial charge in [-0.1, -0.05) is 11.6 Å². The average Bonchev–Trinajstić information content (AvgIpc) is 3.15. The molecule has 0 saturated heterocycles. The summed E-state index contributed by atoms with van der Waals surface area (Å²) in [5.41, 5.74) is -3.71. The predicted molar refractivity (Wildman–Crippen MR) is 105 cm³/mol. The van der Waals surface area contributed by atoms with Gasteiger partial charge in [0.25, 0.3) is 5.95 Å². The van der Waals surface area contributed by atoms with Crippen molar-refractivity contribution in [3.63, 3.8) is 0 Å². The Balaban J connectivity index is 1.90. The van der Waals surface area contributed by atoms with Crippen LogP contribution in [0.2, 0.25) is 5.02 Å². The van der Waals surface area contributed by atoms with Gasteiger partial charge in [-0.05, 0) is 23.8 Å². The summed E-state index contributed by atoms with van der Waals surface area (Å²) in [6.07, 6.45) is -9.36. The molecule has 33 heavy (non-hydrogen) atoms. The fourth-order valence-corrected chi connectivity index (χ4v) is 2.75. The van der Waals surface area contributed by atoms with E-state index in [1.165, 1.54) is 17.1 Å². The Bertz CT molecular complexity index is 1080. The summed E-state index contributed by atoms with van der Waals surface area (Å²) >= 11 is 5.77. The Kier molecular flexibility index (Phi) is 6.81. The molecule has 3 aromatic rings. The number of benzene rings is 1. The van der Waals surface area contributed by atoms with Gasteiger partial charge in [-0.25, -0.2) is 9.97 Å². The summed E-state index contributed by atoms with van der Waals surface area (Å²) in [4.78, 5) is 13.8. The molecular formula is C18H16ClF6N7O. The molecule has 2 aromatic heterocycles. The number of nitrogens with one attached hydrogen (secondary N) is 1. The van der Waals surface area contributed by atoms with E-state index in [0.29, 0.717) is 12.1 Å². The third-order valence-corrected chi connectivity index (χ3v) is 4.43. The summed E-state index contributed by atoms with van der Waals surface area (Å²) in [5.74, 6) is 0.408. The molecule has 1 unspecified atom stereocenters. The van der Waals surface area contributed by atoms with Gasteiger partial charge in [0.05, 0.1) is 35.1 Å². The second-order valence-corrected chi connectivity index (χ2v) is 7.39. The molecule has 0 radical (unpaired) electrons. The molecular weight excluding hydrogens is 480 g/mol. The molecule has 0 saturated carbocycles. The van der Waals surface area contributed by atoms with Crippen LogP contribution in [0.5, 0.6) is 0 Å². The molecule has 15 heteroatoms. The van der Waals surface area contributed by atoms with Crippen molar-refractivity contribution in [1.82, 2.24) is 30.0 Å². The first kappa shape index (κ1) is 24.7. The number of aliphatic hydroxyl groups excluding tert-OH is 1. The van der Waals surface area contributed by atoms with Crippen LogP contribution in [0.3, 0.4) is 0 Å². The number of nitrogens with zero attached hydrogens (tertiary/aromatic N) is 6. The molecule has 0 amide bonds. The van der Waals surface area contributed by atoms with Gasteiger partial charge in [0, 0.05) is 14.1 Å². The monoisotopic (exact) mass is 495 g/mol. The summed E-state index contributed by atoms with van der Waals surface area (Å²) in [6.45, 7) is -0.300. The highest BCUT2D eigenvalue weighted by molar-refractivity contribution is 6.30. The molecule has 1 aromatic carbocycles. The minimum atomic E-state index is -5.04. The van der Waals surface area contributed by atoms with Gasteiger partial charge in [0.1, 0.15) is 6.23 Å². The normalized spacial score (nSPS) is 13.3. The second-order valence-electron chi connectivity index (χ2n) is 6.96. The van der Waals surface area contributed by atoms with E-state index in [1.54, 1.807) is 19.0 Å². The van der Waals surface area contributed by atoms with Crippen molar-refractivity contribution in [2.24, 2.45) is 0 Å². The molecule has 3 rings (SSSR count). The summed E-state index contributed by atoms with van der Waals surface area (Å²) in [7, 11) is 3.30. The van der Waals surface area contributed by atoms with Crippen molar-refractivity contribution in [2.45, 2.75) is 25.1 Å². The number of halogens is 7. The molecule has 8 nitrogen and oxygen atoms in total. The van der Waals surface area contributed by atoms with Crippen LogP contribution in [-0.2, 0) is 18.9 Å². The lowest BCUT2D eigenvalue weighted by atomic mass is 10.0. The number of hydrogen-bond donors (Lipinski definition) is 2. The van der Waals surface area contributed by atoms with Crippen LogP contribution in [0, 0.1) is 0 Å². The van der Waals surface area contributed by atoms with Gasteiger partial charge in [-0.3, -0.25) is 5.32 Å². The van der Waals surface area contributed by atoms with Crippen molar-refractivity contribution < 1.29 is 31.4 Å². The van der Waals surface area contributed by atoms with Crippen LogP contribution in [0.1, 0.15) is 28.7 Å². The first-order valence-electron chi connectivity index (χ1n) is 9.07. The largest absolute Gasteiger partial charge is 0.416 e. The maximum Gasteiger partial charge on any atom is 0.416 e. The van der Waals surface area contributed by atoms with Crippen molar-refractivity contribution in [3.8, 4) is 5.95 Å². The highest BCUT2D eigenvalue weighted by Crippen LogP contribution is 2.37. The van der Waals surface area contributed by atoms with Crippen molar-refractivity contribution in [3.05, 3.63) is 58.1 Å². The number of aromatic nitrogens is 5. The third-order valence-electron chi connectivity index (χ3n) is 4.24. The molecule has 0 aliphatic heterocycles. The zero-order chi connectivity index (χ0) is 24.6. The highest BCUT2D eigenvalue weighted by Gasteiger charge is 2.37. The van der Waals surface area contributed by atoms with E-state index < -0.39 is 35.3 Å². The van der Waals surface area contributed by atoms with Crippen LogP contribution >= 0.6 is 11.6 Å². The SMILES string of the molecule is CN(C)c1nc(CNC(O)c2cc(C(F)(F)F)cc(C(F)(F)F)c2)n(-c2ncc(Cl)cn2)n1. The molecule has 178 valence electrons. The minimum Gasteiger partial charge on any atom is -0.374 e. The van der Waals surface area contributed by atoms with Crippen LogP contribution in [0.4, 0.5) is 32.3 Å². The summed E-state index contributed by atoms with van der Waals surface area (Å²) < 4.78 is 79.7. The Morgan fingerprint density at radius 2 is 1.58 bits per heavy atom. The number of anilines is 1. The smallest absolute Gasteiger partial charge is 0.374 e. The zero-order valence-corrected chi connectivity index (χ0v) is 17.7. The lowest BCUT2D eigenvalue weighted by molar-refractivity contribution is -0.143. The maximum absolute atomic E-state index is 13.1. The van der Waals surface area contributed by atoms with Crippen LogP contribution < -0.4 is 10.2 Å². The van der Waals surface area contributed by atoms with Crippen LogP contribution in [-0.4, -0.2) is 43.9 Å². The number of hydrogen-bond acceptors (Lipinski definition) is 7. The summed E-state index contributed by atoms with van der Waals surface area (Å²) in [6, 6.07) is 0.852. The van der Waals surface area contributed by atoms with Crippen LogP contribution in [0.25, 0.3) is 5.95 Å². The second kappa shape index (κ2) is 9.11. The maximum atomic E-state index is 13.1. The average molecular weight is 496 g/mol. The van der Waals surface area contributed by atoms with Crippen molar-refractivity contribution in [1.29, 1.82) is 0 Å². The molecule has 1 atom stereocenters. The zero-order valence-electron chi connectivity index (χ0n) is 16.9. The van der Waals surface area contributed by atoms with E-state index in [-0.39, 0.29) is 35.4 Å². The van der Waals surface area contributed by atoms with Gasteiger partial charge in [0.15, 0.2) is 5.82 Å². The van der Waals surface area contributed by atoms with E-state index >= 15 is 0 Å². The number of rotatable bonds is 6. The molecule has 0 spiro atoms.